The first-order chi connectivity index (χ1) is 12.7. The second-order valence-corrected chi connectivity index (χ2v) is 6.31. The van der Waals surface area contributed by atoms with Crippen molar-refractivity contribution >= 4 is 23.9 Å². The number of aliphatic carboxylic acids is 1. The predicted molar refractivity (Wildman–Crippen MR) is 93.8 cm³/mol. The summed E-state index contributed by atoms with van der Waals surface area (Å²) in [5.74, 6) is -3.30. The molecule has 1 aromatic rings. The number of carbonyl (C=O) groups is 4. The molecule has 3 amide bonds. The largest absolute Gasteiger partial charge is 0.548 e. The van der Waals surface area contributed by atoms with E-state index >= 15 is 0 Å². The molecule has 0 heterocycles. The minimum Gasteiger partial charge on any atom is -0.548 e. The number of ether oxygens (including phenoxy) is 1. The van der Waals surface area contributed by atoms with E-state index < -0.39 is 41.9 Å². The van der Waals surface area contributed by atoms with Gasteiger partial charge in [0.25, 0.3) is 0 Å². The molecule has 0 saturated carbocycles. The zero-order chi connectivity index (χ0) is 20.4. The van der Waals surface area contributed by atoms with Crippen LogP contribution in [0.15, 0.2) is 30.3 Å². The van der Waals surface area contributed by atoms with Crippen molar-refractivity contribution < 1.29 is 29.0 Å². The smallest absolute Gasteiger partial charge is 0.408 e. The summed E-state index contributed by atoms with van der Waals surface area (Å²) in [6.07, 6.45) is -1.15. The Labute approximate surface area is 157 Å². The highest BCUT2D eigenvalue weighted by molar-refractivity contribution is 5.89. The van der Waals surface area contributed by atoms with Gasteiger partial charge in [-0.3, -0.25) is 9.59 Å². The molecule has 4 N–H and O–H groups in total. The Morgan fingerprint density at radius 1 is 1.11 bits per heavy atom. The highest BCUT2D eigenvalue weighted by Crippen LogP contribution is 2.05. The third-order valence-corrected chi connectivity index (χ3v) is 3.72. The van der Waals surface area contributed by atoms with Gasteiger partial charge in [-0.05, 0) is 17.9 Å². The van der Waals surface area contributed by atoms with Crippen LogP contribution in [0.5, 0.6) is 0 Å². The molecule has 0 bridgehead atoms. The highest BCUT2D eigenvalue weighted by Gasteiger charge is 2.26. The van der Waals surface area contributed by atoms with E-state index in [9.17, 15) is 24.3 Å². The molecule has 0 fully saturated rings. The van der Waals surface area contributed by atoms with Crippen molar-refractivity contribution in [2.45, 2.75) is 45.4 Å². The lowest BCUT2D eigenvalue weighted by Gasteiger charge is -2.26. The van der Waals surface area contributed by atoms with Crippen molar-refractivity contribution in [3.63, 3.8) is 0 Å². The molecule has 0 radical (unpaired) electrons. The van der Waals surface area contributed by atoms with Gasteiger partial charge in [-0.15, -0.1) is 0 Å². The molecule has 1 aromatic carbocycles. The first-order valence-corrected chi connectivity index (χ1v) is 8.47. The van der Waals surface area contributed by atoms with E-state index in [2.05, 4.69) is 10.6 Å². The van der Waals surface area contributed by atoms with Gasteiger partial charge in [-0.2, -0.15) is 0 Å². The maximum Gasteiger partial charge on any atom is 0.408 e. The second kappa shape index (κ2) is 10.8. The van der Waals surface area contributed by atoms with E-state index in [1.54, 1.807) is 38.1 Å². The molecule has 9 nitrogen and oxygen atoms in total. The third-order valence-electron chi connectivity index (χ3n) is 3.72. The molecule has 0 aliphatic rings. The molecule has 0 unspecified atom stereocenters. The van der Waals surface area contributed by atoms with Gasteiger partial charge in [0.1, 0.15) is 12.6 Å². The number of amides is 3. The number of benzene rings is 1. The minimum absolute atomic E-state index is 0.00943. The molecule has 1 rings (SSSR count). The van der Waals surface area contributed by atoms with Crippen molar-refractivity contribution in [1.29, 1.82) is 0 Å². The summed E-state index contributed by atoms with van der Waals surface area (Å²) in [5.41, 5.74) is 5.84. The van der Waals surface area contributed by atoms with Gasteiger partial charge < -0.3 is 31.0 Å². The first-order valence-electron chi connectivity index (χ1n) is 8.47. The second-order valence-electron chi connectivity index (χ2n) is 6.31. The van der Waals surface area contributed by atoms with Crippen LogP contribution < -0.4 is 21.5 Å². The summed E-state index contributed by atoms with van der Waals surface area (Å²) in [6.45, 7) is 3.19. The quantitative estimate of drug-likeness (QED) is 0.496. The zero-order valence-electron chi connectivity index (χ0n) is 15.3. The van der Waals surface area contributed by atoms with Gasteiger partial charge in [-0.25, -0.2) is 4.79 Å². The summed E-state index contributed by atoms with van der Waals surface area (Å²) >= 11 is 0. The summed E-state index contributed by atoms with van der Waals surface area (Å²) in [5, 5.41) is 15.8. The Bertz CT molecular complexity index is 662. The number of nitrogens with one attached hydrogen (secondary N) is 2. The van der Waals surface area contributed by atoms with Crippen molar-refractivity contribution in [3.8, 4) is 0 Å². The fourth-order valence-corrected chi connectivity index (χ4v) is 2.21. The fourth-order valence-electron chi connectivity index (χ4n) is 2.21. The Kier molecular flexibility index (Phi) is 8.77. The number of hydrogen-bond acceptors (Lipinski definition) is 6. The van der Waals surface area contributed by atoms with E-state index in [4.69, 9.17) is 10.5 Å². The molecular weight excluding hydrogens is 354 g/mol. The van der Waals surface area contributed by atoms with E-state index in [-0.39, 0.29) is 19.4 Å². The van der Waals surface area contributed by atoms with Crippen LogP contribution in [-0.4, -0.2) is 36.0 Å². The van der Waals surface area contributed by atoms with E-state index in [0.717, 1.165) is 5.56 Å². The molecular formula is C18H24N3O6-. The Balaban J connectivity index is 2.71. The number of nitrogens with two attached hydrogens (primary N) is 1. The lowest BCUT2D eigenvalue weighted by atomic mass is 10.0. The molecule has 0 saturated heterocycles. The van der Waals surface area contributed by atoms with Crippen LogP contribution in [-0.2, 0) is 25.7 Å². The normalized spacial score (nSPS) is 12.7. The standard InChI is InChI=1S/C18H25N3O6/c1-11(2)15(17(24)25)21-16(23)13(8-9-14(19)22)20-18(26)27-10-12-6-4-3-5-7-12/h3-7,11,13,15H,8-10H2,1-2H3,(H2,19,22)(H,20,26)(H,21,23)(H,24,25)/p-1/t13-,15+/m0/s1. The van der Waals surface area contributed by atoms with Crippen molar-refractivity contribution in [3.05, 3.63) is 35.9 Å². The van der Waals surface area contributed by atoms with Crippen LogP contribution in [0, 0.1) is 5.92 Å². The molecule has 0 aliphatic carbocycles. The zero-order valence-corrected chi connectivity index (χ0v) is 15.3. The maximum absolute atomic E-state index is 12.4. The molecule has 148 valence electrons. The van der Waals surface area contributed by atoms with Gasteiger partial charge >= 0.3 is 6.09 Å². The number of carbonyl (C=O) groups excluding carboxylic acids is 4. The Morgan fingerprint density at radius 2 is 1.74 bits per heavy atom. The predicted octanol–water partition coefficient (Wildman–Crippen LogP) is -0.562. The Hall–Kier alpha value is -3.10. The number of alkyl carbamates (subject to hydrolysis) is 1. The van der Waals surface area contributed by atoms with E-state index in [1.807, 2.05) is 6.07 Å². The van der Waals surface area contributed by atoms with E-state index in [0.29, 0.717) is 0 Å². The van der Waals surface area contributed by atoms with Gasteiger partial charge in [0.2, 0.25) is 11.8 Å². The minimum atomic E-state index is -1.45. The summed E-state index contributed by atoms with van der Waals surface area (Å²) < 4.78 is 5.04. The molecule has 0 spiro atoms. The SMILES string of the molecule is CC(C)[C@@H](NC(=O)[C@H](CCC(N)=O)NC(=O)OCc1ccccc1)C(=O)[O-]. The number of carboxylic acid groups (broad SMARTS) is 1. The summed E-state index contributed by atoms with van der Waals surface area (Å²) in [4.78, 5) is 46.5. The highest BCUT2D eigenvalue weighted by atomic mass is 16.5. The van der Waals surface area contributed by atoms with Gasteiger partial charge in [0.05, 0.1) is 12.0 Å². The van der Waals surface area contributed by atoms with Crippen molar-refractivity contribution in [2.75, 3.05) is 0 Å². The van der Waals surface area contributed by atoms with Gasteiger partial charge in [0, 0.05) is 6.42 Å². The maximum atomic E-state index is 12.4. The summed E-state index contributed by atoms with van der Waals surface area (Å²) in [6, 6.07) is 6.49. The van der Waals surface area contributed by atoms with Crippen LogP contribution >= 0.6 is 0 Å². The monoisotopic (exact) mass is 378 g/mol. The molecule has 27 heavy (non-hydrogen) atoms. The number of carboxylic acids is 1. The number of primary amides is 1. The number of hydrogen-bond donors (Lipinski definition) is 3. The van der Waals surface area contributed by atoms with Crippen LogP contribution in [0.3, 0.4) is 0 Å². The molecule has 9 heteroatoms. The topological polar surface area (TPSA) is 151 Å². The lowest BCUT2D eigenvalue weighted by Crippen LogP contribution is -2.56. The van der Waals surface area contributed by atoms with Crippen LogP contribution in [0.1, 0.15) is 32.3 Å². The van der Waals surface area contributed by atoms with Crippen LogP contribution in [0.25, 0.3) is 0 Å². The van der Waals surface area contributed by atoms with Crippen molar-refractivity contribution in [1.82, 2.24) is 10.6 Å². The molecule has 2 atom stereocenters. The molecule has 0 aliphatic heterocycles. The third kappa shape index (κ3) is 8.21. The number of rotatable bonds is 10. The Morgan fingerprint density at radius 3 is 2.26 bits per heavy atom. The first kappa shape index (κ1) is 21.9. The van der Waals surface area contributed by atoms with Gasteiger partial charge in [0.15, 0.2) is 0 Å². The average molecular weight is 378 g/mol. The average Bonchev–Trinajstić information content (AvgIpc) is 2.61. The lowest BCUT2D eigenvalue weighted by molar-refractivity contribution is -0.309. The van der Waals surface area contributed by atoms with Gasteiger partial charge in [-0.1, -0.05) is 44.2 Å². The van der Waals surface area contributed by atoms with Crippen LogP contribution in [0.2, 0.25) is 0 Å². The van der Waals surface area contributed by atoms with E-state index in [1.165, 1.54) is 0 Å². The summed E-state index contributed by atoms with van der Waals surface area (Å²) in [7, 11) is 0. The fraction of sp³-hybridized carbons (Fsp3) is 0.444. The van der Waals surface area contributed by atoms with Crippen molar-refractivity contribution in [2.24, 2.45) is 11.7 Å². The molecule has 0 aromatic heterocycles. The van der Waals surface area contributed by atoms with Crippen LogP contribution in [0.4, 0.5) is 4.79 Å².